The zero-order valence-electron chi connectivity index (χ0n) is 23.7. The van der Waals surface area contributed by atoms with Crippen LogP contribution in [0, 0.1) is 12.8 Å². The maximum absolute atomic E-state index is 12.6. The molecule has 10 nitrogen and oxygen atoms in total. The van der Waals surface area contributed by atoms with Gasteiger partial charge in [0.05, 0.1) is 31.2 Å². The van der Waals surface area contributed by atoms with Gasteiger partial charge >= 0.3 is 7.60 Å². The second kappa shape index (κ2) is 20.1. The molecule has 39 heavy (non-hydrogen) atoms. The predicted octanol–water partition coefficient (Wildman–Crippen LogP) is 6.17. The van der Waals surface area contributed by atoms with E-state index in [9.17, 15) is 19.3 Å². The summed E-state index contributed by atoms with van der Waals surface area (Å²) < 4.78 is 28.6. The van der Waals surface area contributed by atoms with Crippen molar-refractivity contribution in [3.63, 3.8) is 0 Å². The van der Waals surface area contributed by atoms with E-state index in [4.69, 9.17) is 13.8 Å². The number of likely N-dealkylation sites (tertiary alicyclic amines) is 1. The van der Waals surface area contributed by atoms with E-state index in [1.165, 1.54) is 36.3 Å². The number of amides is 2. The Bertz CT molecular complexity index is 1040. The van der Waals surface area contributed by atoms with Crippen LogP contribution in [0.25, 0.3) is 0 Å². The molecule has 2 heterocycles. The highest BCUT2D eigenvalue weighted by atomic mass is 32.1. The lowest BCUT2D eigenvalue weighted by molar-refractivity contribution is -0.117. The van der Waals surface area contributed by atoms with Crippen molar-refractivity contribution in [1.29, 1.82) is 0 Å². The Hall–Kier alpha value is -2.90. The number of carbonyl (C=O) groups is 2. The molecule has 3 rings (SSSR count). The lowest BCUT2D eigenvalue weighted by Crippen LogP contribution is -2.15. The van der Waals surface area contributed by atoms with Crippen molar-refractivity contribution in [3.8, 4) is 24.3 Å². The molecule has 1 fully saturated rings. The molecular weight excluding hydrogens is 541 g/mol. The molecule has 12 heteroatoms. The summed E-state index contributed by atoms with van der Waals surface area (Å²) in [6.07, 6.45) is 11.2. The summed E-state index contributed by atoms with van der Waals surface area (Å²) >= 11 is 1.20. The fourth-order valence-corrected chi connectivity index (χ4v) is 5.66. The molecule has 1 aliphatic rings. The first-order chi connectivity index (χ1) is 18.7. The van der Waals surface area contributed by atoms with Gasteiger partial charge in [0, 0.05) is 30.1 Å². The number of rotatable bonds is 11. The van der Waals surface area contributed by atoms with Crippen LogP contribution in [-0.4, -0.2) is 59.7 Å². The number of hydrogen-bond acceptors (Lipinski definition) is 9. The first kappa shape index (κ1) is 36.1. The molecule has 2 aromatic rings. The van der Waals surface area contributed by atoms with Gasteiger partial charge in [0.25, 0.3) is 5.91 Å². The van der Waals surface area contributed by atoms with Crippen LogP contribution in [0.3, 0.4) is 0 Å². The first-order valence-electron chi connectivity index (χ1n) is 12.8. The zero-order chi connectivity index (χ0) is 29.8. The Morgan fingerprint density at radius 1 is 1.18 bits per heavy atom. The van der Waals surface area contributed by atoms with Crippen LogP contribution in [0.15, 0.2) is 23.6 Å². The SMILES string of the molecule is C#C.CC.CCOP(=O)(Cc1csc(NC(=O)c2cc(O)cc(OC(C)C)c2)n1)OCC.O=CN1CCCC1. The summed E-state index contributed by atoms with van der Waals surface area (Å²) in [7, 11) is -3.27. The second-order valence-electron chi connectivity index (χ2n) is 7.93. The molecule has 1 aromatic heterocycles. The Morgan fingerprint density at radius 3 is 2.26 bits per heavy atom. The van der Waals surface area contributed by atoms with E-state index < -0.39 is 13.5 Å². The van der Waals surface area contributed by atoms with E-state index in [-0.39, 0.29) is 36.8 Å². The third kappa shape index (κ3) is 14.2. The molecule has 1 aromatic carbocycles. The molecule has 0 spiro atoms. The number of carbonyl (C=O) groups excluding carboxylic acids is 2. The van der Waals surface area contributed by atoms with E-state index in [0.717, 1.165) is 19.5 Å². The number of thiazole rings is 1. The summed E-state index contributed by atoms with van der Waals surface area (Å²) in [5.74, 6) is -0.116. The first-order valence-corrected chi connectivity index (χ1v) is 15.5. The average Bonchev–Trinajstić information content (AvgIpc) is 3.58. The van der Waals surface area contributed by atoms with E-state index in [1.807, 2.05) is 27.7 Å². The van der Waals surface area contributed by atoms with Crippen molar-refractivity contribution in [3.05, 3.63) is 34.8 Å². The maximum atomic E-state index is 12.6. The quantitative estimate of drug-likeness (QED) is 0.183. The Balaban J connectivity index is 0.00000111. The largest absolute Gasteiger partial charge is 0.508 e. The van der Waals surface area contributed by atoms with Gasteiger partial charge in [-0.2, -0.15) is 0 Å². The molecule has 1 saturated heterocycles. The smallest absolute Gasteiger partial charge is 0.336 e. The van der Waals surface area contributed by atoms with Crippen LogP contribution in [0.2, 0.25) is 0 Å². The Kier molecular flexibility index (Phi) is 18.6. The van der Waals surface area contributed by atoms with Crippen molar-refractivity contribution in [2.45, 2.75) is 66.6 Å². The number of phenols is 1. The minimum atomic E-state index is -3.27. The molecule has 0 saturated carbocycles. The summed E-state index contributed by atoms with van der Waals surface area (Å²) in [5, 5.41) is 14.5. The van der Waals surface area contributed by atoms with Crippen LogP contribution in [0.5, 0.6) is 11.5 Å². The highest BCUT2D eigenvalue weighted by Gasteiger charge is 2.25. The molecule has 0 radical (unpaired) electrons. The van der Waals surface area contributed by atoms with Crippen molar-refractivity contribution in [2.75, 3.05) is 31.6 Å². The van der Waals surface area contributed by atoms with Crippen LogP contribution in [-0.2, 0) is 24.6 Å². The fourth-order valence-electron chi connectivity index (χ4n) is 3.23. The second-order valence-corrected chi connectivity index (χ2v) is 10.8. The minimum absolute atomic E-state index is 0.0273. The van der Waals surface area contributed by atoms with Gasteiger partial charge in [-0.15, -0.1) is 24.2 Å². The highest BCUT2D eigenvalue weighted by molar-refractivity contribution is 7.53. The lowest BCUT2D eigenvalue weighted by atomic mass is 10.2. The van der Waals surface area contributed by atoms with Crippen molar-refractivity contribution in [2.24, 2.45) is 0 Å². The average molecular weight is 584 g/mol. The molecule has 2 N–H and O–H groups in total. The number of nitrogens with one attached hydrogen (secondary N) is 1. The van der Waals surface area contributed by atoms with Gasteiger partial charge in [0.2, 0.25) is 6.41 Å². The predicted molar refractivity (Wildman–Crippen MR) is 157 cm³/mol. The standard InChI is InChI=1S/C18H25N2O6PS.C5H9NO.C2H6.C2H2/c1-5-24-27(23,25-6-2)10-14-11-28-18(19-14)20-17(22)13-7-15(21)9-16(8-13)26-12(3)4;7-5-6-3-1-2-4-6;2*1-2/h7-9,11-12,21H,5-6,10H2,1-4H3,(H,19,20,22);5H,1-4H2;1-2H3;1-2H. The molecule has 0 atom stereocenters. The zero-order valence-corrected chi connectivity index (χ0v) is 25.4. The minimum Gasteiger partial charge on any atom is -0.508 e. The van der Waals surface area contributed by atoms with Crippen LogP contribution in [0.1, 0.15) is 70.4 Å². The van der Waals surface area contributed by atoms with Crippen molar-refractivity contribution in [1.82, 2.24) is 9.88 Å². The highest BCUT2D eigenvalue weighted by Crippen LogP contribution is 2.51. The third-order valence-corrected chi connectivity index (χ3v) is 7.42. The van der Waals surface area contributed by atoms with E-state index in [0.29, 0.717) is 16.6 Å². The van der Waals surface area contributed by atoms with Gasteiger partial charge in [-0.25, -0.2) is 4.98 Å². The summed E-state index contributed by atoms with van der Waals surface area (Å²) in [4.78, 5) is 28.5. The topological polar surface area (TPSA) is 127 Å². The molecule has 1 aliphatic heterocycles. The number of benzene rings is 1. The number of aromatic hydroxyl groups is 1. The third-order valence-electron chi connectivity index (χ3n) is 4.59. The van der Waals surface area contributed by atoms with Crippen LogP contribution in [0.4, 0.5) is 5.13 Å². The number of phenolic OH excluding ortho intramolecular Hbond substituents is 1. The summed E-state index contributed by atoms with van der Waals surface area (Å²) in [6.45, 7) is 13.7. The van der Waals surface area contributed by atoms with Crippen LogP contribution < -0.4 is 10.1 Å². The normalized spacial score (nSPS) is 12.2. The molecule has 0 aliphatic carbocycles. The Labute approximate surface area is 236 Å². The number of hydrogen-bond donors (Lipinski definition) is 2. The van der Waals surface area contributed by atoms with Gasteiger partial charge < -0.3 is 23.8 Å². The van der Waals surface area contributed by atoms with Gasteiger partial charge in [-0.3, -0.25) is 19.5 Å². The number of nitrogens with zero attached hydrogens (tertiary/aromatic N) is 2. The van der Waals surface area contributed by atoms with Gasteiger partial charge in [0.15, 0.2) is 5.13 Å². The van der Waals surface area contributed by atoms with E-state index >= 15 is 0 Å². The van der Waals surface area contributed by atoms with E-state index in [1.54, 1.807) is 30.2 Å². The number of anilines is 1. The maximum Gasteiger partial charge on any atom is 0.336 e. The summed E-state index contributed by atoms with van der Waals surface area (Å²) in [6, 6.07) is 4.33. The molecule has 0 unspecified atom stereocenters. The molecule has 218 valence electrons. The van der Waals surface area contributed by atoms with Gasteiger partial charge in [0.1, 0.15) is 11.5 Å². The molecular formula is C27H42N3O7PS. The van der Waals surface area contributed by atoms with Gasteiger partial charge in [-0.05, 0) is 52.7 Å². The van der Waals surface area contributed by atoms with E-state index in [2.05, 4.69) is 23.1 Å². The summed E-state index contributed by atoms with van der Waals surface area (Å²) in [5.41, 5.74) is 0.743. The lowest BCUT2D eigenvalue weighted by Gasteiger charge is -2.15. The Morgan fingerprint density at radius 2 is 1.77 bits per heavy atom. The van der Waals surface area contributed by atoms with Crippen molar-refractivity contribution < 1.29 is 33.0 Å². The number of ether oxygens (including phenoxy) is 1. The monoisotopic (exact) mass is 583 g/mol. The van der Waals surface area contributed by atoms with Crippen molar-refractivity contribution >= 4 is 36.4 Å². The fraction of sp³-hybridized carbons (Fsp3) is 0.519. The van der Waals surface area contributed by atoms with Gasteiger partial charge in [-0.1, -0.05) is 13.8 Å². The number of terminal acetylenes is 1. The molecule has 0 bridgehead atoms. The van der Waals surface area contributed by atoms with Crippen LogP contribution >= 0.6 is 18.9 Å². The number of aromatic nitrogens is 1. The molecule has 2 amide bonds.